The number of allylic oxidation sites excluding steroid dienone is 4. The molecule has 0 aromatic heterocycles. The van der Waals surface area contributed by atoms with E-state index in [4.69, 9.17) is 51.6 Å². The van der Waals surface area contributed by atoms with Crippen molar-refractivity contribution < 1.29 is 120 Å². The van der Waals surface area contributed by atoms with Crippen LogP contribution in [0.2, 0.25) is 0 Å². The third-order valence-corrected chi connectivity index (χ3v) is 20.8. The van der Waals surface area contributed by atoms with Gasteiger partial charge in [0.15, 0.2) is 25.2 Å². The summed E-state index contributed by atoms with van der Waals surface area (Å²) in [5.74, 6) is -0.614. The second kappa shape index (κ2) is 23.1. The molecular weight excluding hydrogens is 1080 g/mol. The van der Waals surface area contributed by atoms with E-state index in [2.05, 4.69) is 39.8 Å². The Labute approximate surface area is 466 Å². The molecule has 9 aliphatic rings. The SMILES string of the molecule is COC1C(O)C(CO)OC(OC2C(O)C(CO)OC(OC3C(C)OC(OC4C(OC5CCC6(C)C7CC(O)C89C(=O)OC(C)(CCC=C(C)C)C8CCC9(C)C7=CCC6C5(C)C)OCC(OS(=O)(=O)O)C4O)C(O)C3O)C2O)C1O. The monoisotopic (exact) mass is 1170 g/mol. The smallest absolute Gasteiger partial charge is 0.397 e. The van der Waals surface area contributed by atoms with Gasteiger partial charge < -0.3 is 98.4 Å². The molecule has 26 heteroatoms. The number of aliphatic hydroxyl groups excluding tert-OH is 10. The van der Waals surface area contributed by atoms with E-state index in [-0.39, 0.29) is 29.1 Å². The van der Waals surface area contributed by atoms with Gasteiger partial charge in [0.25, 0.3) is 0 Å². The fraction of sp³-hybridized carbons (Fsp3) is 0.907. The number of hydrogen-bond donors (Lipinski definition) is 11. The summed E-state index contributed by atoms with van der Waals surface area (Å²) in [6.07, 6.45) is -24.1. The molecule has 5 saturated heterocycles. The predicted molar refractivity (Wildman–Crippen MR) is 272 cm³/mol. The third-order valence-electron chi connectivity index (χ3n) is 20.3. The molecule has 25 nitrogen and oxygen atoms in total. The average molecular weight is 1170 g/mol. The van der Waals surface area contributed by atoms with E-state index in [1.54, 1.807) is 0 Å². The van der Waals surface area contributed by atoms with Gasteiger partial charge >= 0.3 is 16.4 Å². The minimum atomic E-state index is -5.17. The maximum Gasteiger partial charge on any atom is 0.397 e. The van der Waals surface area contributed by atoms with Crippen molar-refractivity contribution in [2.45, 2.75) is 241 Å². The highest BCUT2D eigenvalue weighted by molar-refractivity contribution is 7.80. The summed E-state index contributed by atoms with van der Waals surface area (Å²) in [6.45, 7) is 13.8. The second-order valence-electron chi connectivity index (χ2n) is 25.4. The predicted octanol–water partition coefficient (Wildman–Crippen LogP) is -0.590. The van der Waals surface area contributed by atoms with Crippen molar-refractivity contribution in [3.63, 3.8) is 0 Å². The number of carbonyl (C=O) groups is 1. The Morgan fingerprint density at radius 1 is 0.725 bits per heavy atom. The zero-order valence-corrected chi connectivity index (χ0v) is 47.6. The van der Waals surface area contributed by atoms with Crippen LogP contribution in [0, 0.1) is 39.4 Å². The molecule has 458 valence electrons. The molecule has 4 aliphatic carbocycles. The number of fused-ring (bicyclic) bond motifs is 4. The fourth-order valence-electron chi connectivity index (χ4n) is 16.2. The molecule has 0 aromatic carbocycles. The summed E-state index contributed by atoms with van der Waals surface area (Å²) in [7, 11) is -3.99. The normalized spacial score (nSPS) is 51.0. The van der Waals surface area contributed by atoms with Crippen LogP contribution >= 0.6 is 0 Å². The van der Waals surface area contributed by atoms with Gasteiger partial charge in [-0.05, 0) is 102 Å². The zero-order chi connectivity index (χ0) is 58.6. The molecule has 0 aromatic rings. The van der Waals surface area contributed by atoms with E-state index < -0.39 is 181 Å². The van der Waals surface area contributed by atoms with Crippen LogP contribution in [0.25, 0.3) is 0 Å². The Kier molecular flexibility index (Phi) is 18.0. The summed E-state index contributed by atoms with van der Waals surface area (Å²) < 4.78 is 98.1. The first kappa shape index (κ1) is 62.6. The van der Waals surface area contributed by atoms with Gasteiger partial charge in [-0.25, -0.2) is 4.18 Å². The van der Waals surface area contributed by atoms with Crippen LogP contribution in [0.1, 0.15) is 107 Å². The third kappa shape index (κ3) is 10.5. The zero-order valence-electron chi connectivity index (χ0n) is 46.8. The molecule has 0 radical (unpaired) electrons. The maximum atomic E-state index is 14.4. The number of esters is 1. The lowest BCUT2D eigenvalue weighted by Gasteiger charge is -2.64. The van der Waals surface area contributed by atoms with Crippen LogP contribution < -0.4 is 0 Å². The van der Waals surface area contributed by atoms with Crippen LogP contribution in [0.3, 0.4) is 0 Å². The number of cyclic esters (lactones) is 1. The van der Waals surface area contributed by atoms with Crippen molar-refractivity contribution in [1.82, 2.24) is 0 Å². The van der Waals surface area contributed by atoms with Crippen LogP contribution in [-0.4, -0.2) is 231 Å². The molecule has 3 saturated carbocycles. The first-order valence-corrected chi connectivity index (χ1v) is 29.4. The Balaban J connectivity index is 0.908. The molecule has 5 aliphatic heterocycles. The summed E-state index contributed by atoms with van der Waals surface area (Å²) in [5.41, 5.74) is -1.10. The van der Waals surface area contributed by atoms with Gasteiger partial charge in [-0.3, -0.25) is 9.35 Å². The van der Waals surface area contributed by atoms with Crippen LogP contribution in [0.15, 0.2) is 23.3 Å². The largest absolute Gasteiger partial charge is 0.458 e. The first-order chi connectivity index (χ1) is 37.4. The van der Waals surface area contributed by atoms with Gasteiger partial charge in [-0.1, -0.05) is 51.0 Å². The summed E-state index contributed by atoms with van der Waals surface area (Å²) in [6, 6.07) is 0. The molecule has 80 heavy (non-hydrogen) atoms. The van der Waals surface area contributed by atoms with Crippen LogP contribution in [0.4, 0.5) is 0 Å². The Morgan fingerprint density at radius 3 is 1.94 bits per heavy atom. The van der Waals surface area contributed by atoms with Crippen molar-refractivity contribution in [2.75, 3.05) is 26.9 Å². The summed E-state index contributed by atoms with van der Waals surface area (Å²) in [5, 5.41) is 112. The number of rotatable bonds is 16. The molecule has 8 fully saturated rings. The van der Waals surface area contributed by atoms with Crippen molar-refractivity contribution in [3.05, 3.63) is 23.3 Å². The minimum Gasteiger partial charge on any atom is -0.458 e. The van der Waals surface area contributed by atoms with Crippen molar-refractivity contribution in [2.24, 2.45) is 39.4 Å². The quantitative estimate of drug-likeness (QED) is 0.0523. The van der Waals surface area contributed by atoms with Gasteiger partial charge in [0.1, 0.15) is 96.5 Å². The van der Waals surface area contributed by atoms with E-state index in [1.807, 2.05) is 20.8 Å². The van der Waals surface area contributed by atoms with Gasteiger partial charge in [0, 0.05) is 18.4 Å². The van der Waals surface area contributed by atoms with E-state index >= 15 is 0 Å². The molecule has 28 atom stereocenters. The van der Waals surface area contributed by atoms with Crippen molar-refractivity contribution in [1.29, 1.82) is 0 Å². The fourth-order valence-corrected chi connectivity index (χ4v) is 16.7. The molecule has 28 unspecified atom stereocenters. The van der Waals surface area contributed by atoms with Gasteiger partial charge in [0.05, 0.1) is 38.1 Å². The lowest BCUT2D eigenvalue weighted by Crippen LogP contribution is -2.67. The van der Waals surface area contributed by atoms with Gasteiger partial charge in [-0.15, -0.1) is 0 Å². The van der Waals surface area contributed by atoms with Crippen LogP contribution in [-0.2, 0) is 66.7 Å². The number of ether oxygens (including phenoxy) is 10. The van der Waals surface area contributed by atoms with Crippen LogP contribution in [0.5, 0.6) is 0 Å². The number of aliphatic hydroxyl groups is 10. The van der Waals surface area contributed by atoms with Crippen molar-refractivity contribution >= 4 is 16.4 Å². The van der Waals surface area contributed by atoms with E-state index in [0.717, 1.165) is 19.3 Å². The molecule has 9 rings (SSSR count). The van der Waals surface area contributed by atoms with E-state index in [1.165, 1.54) is 25.2 Å². The molecular formula is C54H86O25S. The molecule has 0 bridgehead atoms. The van der Waals surface area contributed by atoms with Gasteiger partial charge in [0.2, 0.25) is 0 Å². The minimum absolute atomic E-state index is 0.0541. The van der Waals surface area contributed by atoms with Gasteiger partial charge in [-0.2, -0.15) is 8.42 Å². The second-order valence-corrected chi connectivity index (χ2v) is 26.5. The van der Waals surface area contributed by atoms with E-state index in [0.29, 0.717) is 32.1 Å². The number of methoxy groups -OCH3 is 1. The molecule has 11 N–H and O–H groups in total. The van der Waals surface area contributed by atoms with Crippen molar-refractivity contribution in [3.8, 4) is 0 Å². The number of hydrogen-bond acceptors (Lipinski definition) is 24. The maximum absolute atomic E-state index is 14.4. The number of carbonyl (C=O) groups excluding carboxylic acids is 1. The average Bonchev–Trinajstić information content (AvgIpc) is 3.90. The highest BCUT2D eigenvalue weighted by Gasteiger charge is 2.79. The topological polar surface area (TPSA) is 375 Å². The summed E-state index contributed by atoms with van der Waals surface area (Å²) in [4.78, 5) is 14.4. The lowest BCUT2D eigenvalue weighted by atomic mass is 9.40. The Hall–Kier alpha value is -1.94. The Bertz CT molecular complexity index is 2390. The standard InChI is InChI=1S/C54H86O25S/c1-23(2)11-10-16-53(8)31-14-18-52(7)25-12-13-30-50(4,5)33(15-17-51(30,6)26(25)19-32(57)54(31,52)49(65)78-53)74-48-44(36(60)29(22-70-48)79-80(66,67)68)77-45-38(62)37(61)41(24(3)71-45)75-47-40(64)43(35(59)28(21-56)73-47)76-46-39(63)42(69-9)34(58)27(20-55)72-46/h11-12,24,26-48,55-64H,10,13-22H2,1-9H3,(H,66,67,68). The van der Waals surface area contributed by atoms with E-state index in [9.17, 15) is 68.8 Å². The first-order valence-electron chi connectivity index (χ1n) is 28.1. The molecule has 1 spiro atoms. The highest BCUT2D eigenvalue weighted by Crippen LogP contribution is 2.76. The highest BCUT2D eigenvalue weighted by atomic mass is 32.3. The molecule has 5 heterocycles. The lowest BCUT2D eigenvalue weighted by molar-refractivity contribution is -0.389. The summed E-state index contributed by atoms with van der Waals surface area (Å²) >= 11 is 0. The Morgan fingerprint density at radius 2 is 1.32 bits per heavy atom. The molecule has 0 amide bonds.